The standard InChI is InChI=1S/C14H9BrClFO/c15-10-6-4-9(5-7-10)8-13(18)14-11(16)2-1-3-12(14)17/h1-7H,8H2. The summed E-state index contributed by atoms with van der Waals surface area (Å²) in [7, 11) is 0. The van der Waals surface area contributed by atoms with Gasteiger partial charge in [0.15, 0.2) is 5.78 Å². The number of hydrogen-bond acceptors (Lipinski definition) is 1. The topological polar surface area (TPSA) is 17.1 Å². The smallest absolute Gasteiger partial charge is 0.171 e. The van der Waals surface area contributed by atoms with E-state index in [1.807, 2.05) is 24.3 Å². The molecule has 92 valence electrons. The van der Waals surface area contributed by atoms with Gasteiger partial charge in [0.1, 0.15) is 5.82 Å². The average Bonchev–Trinajstić information content (AvgIpc) is 2.32. The number of carbonyl (C=O) groups excluding carboxylic acids is 1. The van der Waals surface area contributed by atoms with Crippen LogP contribution in [0, 0.1) is 5.82 Å². The van der Waals surface area contributed by atoms with Gasteiger partial charge in [-0.15, -0.1) is 0 Å². The molecular weight excluding hydrogens is 319 g/mol. The molecule has 0 saturated carbocycles. The Labute approximate surface area is 118 Å². The van der Waals surface area contributed by atoms with Crippen LogP contribution in [0.3, 0.4) is 0 Å². The summed E-state index contributed by atoms with van der Waals surface area (Å²) < 4.78 is 14.5. The van der Waals surface area contributed by atoms with Gasteiger partial charge in [-0.3, -0.25) is 4.79 Å². The van der Waals surface area contributed by atoms with Crippen LogP contribution in [0.5, 0.6) is 0 Å². The molecule has 1 nitrogen and oxygen atoms in total. The van der Waals surface area contributed by atoms with E-state index in [4.69, 9.17) is 11.6 Å². The monoisotopic (exact) mass is 326 g/mol. The van der Waals surface area contributed by atoms with Crippen LogP contribution in [0.2, 0.25) is 5.02 Å². The molecule has 4 heteroatoms. The predicted molar refractivity (Wildman–Crippen MR) is 73.6 cm³/mol. The minimum atomic E-state index is -0.579. The van der Waals surface area contributed by atoms with Gasteiger partial charge in [-0.05, 0) is 29.8 Å². The number of Topliss-reactive ketones (excluding diaryl/α,β-unsaturated/α-hetero) is 1. The Balaban J connectivity index is 2.25. The minimum absolute atomic E-state index is 0.0397. The Hall–Kier alpha value is -1.19. The molecule has 0 radical (unpaired) electrons. The van der Waals surface area contributed by atoms with E-state index >= 15 is 0 Å². The minimum Gasteiger partial charge on any atom is -0.294 e. The van der Waals surface area contributed by atoms with Crippen LogP contribution in [0.4, 0.5) is 4.39 Å². The first-order valence-electron chi connectivity index (χ1n) is 5.29. The third-order valence-electron chi connectivity index (χ3n) is 2.52. The molecule has 18 heavy (non-hydrogen) atoms. The van der Waals surface area contributed by atoms with E-state index in [9.17, 15) is 9.18 Å². The SMILES string of the molecule is O=C(Cc1ccc(Br)cc1)c1c(F)cccc1Cl. The lowest BCUT2D eigenvalue weighted by Crippen LogP contribution is -2.07. The second kappa shape index (κ2) is 5.63. The third kappa shape index (κ3) is 2.98. The molecule has 0 amide bonds. The average molecular weight is 328 g/mol. The molecule has 0 bridgehead atoms. The first-order valence-corrected chi connectivity index (χ1v) is 6.46. The molecule has 0 atom stereocenters. The Bertz CT molecular complexity index is 561. The Morgan fingerprint density at radius 3 is 2.44 bits per heavy atom. The normalized spacial score (nSPS) is 10.4. The first-order chi connectivity index (χ1) is 8.58. The van der Waals surface area contributed by atoms with Crippen molar-refractivity contribution in [3.63, 3.8) is 0 Å². The maximum Gasteiger partial charge on any atom is 0.171 e. The summed E-state index contributed by atoms with van der Waals surface area (Å²) in [6.45, 7) is 0. The van der Waals surface area contributed by atoms with Crippen LogP contribution >= 0.6 is 27.5 Å². The molecular formula is C14H9BrClFO. The summed E-state index contributed by atoms with van der Waals surface area (Å²) in [6.07, 6.45) is 0.133. The lowest BCUT2D eigenvalue weighted by molar-refractivity contribution is 0.0989. The maximum atomic E-state index is 13.6. The van der Waals surface area contributed by atoms with Gasteiger partial charge in [-0.25, -0.2) is 4.39 Å². The summed E-state index contributed by atoms with van der Waals surface area (Å²) in [5, 5.41) is 0.150. The molecule has 0 fully saturated rings. The van der Waals surface area contributed by atoms with Crippen LogP contribution in [-0.2, 0) is 6.42 Å². The molecule has 0 spiro atoms. The Kier molecular flexibility index (Phi) is 4.15. The molecule has 0 N–H and O–H groups in total. The fourth-order valence-electron chi connectivity index (χ4n) is 1.64. The van der Waals surface area contributed by atoms with Gasteiger partial charge in [0.25, 0.3) is 0 Å². The van der Waals surface area contributed by atoms with E-state index < -0.39 is 5.82 Å². The lowest BCUT2D eigenvalue weighted by atomic mass is 10.0. The van der Waals surface area contributed by atoms with Crippen molar-refractivity contribution in [2.24, 2.45) is 0 Å². The van der Waals surface area contributed by atoms with Crippen molar-refractivity contribution in [1.82, 2.24) is 0 Å². The largest absolute Gasteiger partial charge is 0.294 e. The van der Waals surface area contributed by atoms with E-state index in [2.05, 4.69) is 15.9 Å². The number of hydrogen-bond donors (Lipinski definition) is 0. The third-order valence-corrected chi connectivity index (χ3v) is 3.36. The van der Waals surface area contributed by atoms with Crippen LogP contribution in [0.15, 0.2) is 46.9 Å². The van der Waals surface area contributed by atoms with Crippen molar-refractivity contribution < 1.29 is 9.18 Å². The zero-order valence-corrected chi connectivity index (χ0v) is 11.6. The van der Waals surface area contributed by atoms with Gasteiger partial charge in [0.2, 0.25) is 0 Å². The fourth-order valence-corrected chi connectivity index (χ4v) is 2.17. The molecule has 0 unspecified atom stereocenters. The predicted octanol–water partition coefficient (Wildman–Crippen LogP) is 4.67. The number of halogens is 3. The highest BCUT2D eigenvalue weighted by molar-refractivity contribution is 9.10. The lowest BCUT2D eigenvalue weighted by Gasteiger charge is -2.05. The van der Waals surface area contributed by atoms with Gasteiger partial charge in [-0.2, -0.15) is 0 Å². The van der Waals surface area contributed by atoms with E-state index in [0.29, 0.717) is 0 Å². The number of rotatable bonds is 3. The van der Waals surface area contributed by atoms with Gasteiger partial charge in [0, 0.05) is 10.9 Å². The van der Waals surface area contributed by atoms with Crippen molar-refractivity contribution in [1.29, 1.82) is 0 Å². The van der Waals surface area contributed by atoms with Crippen LogP contribution in [-0.4, -0.2) is 5.78 Å². The number of ketones is 1. The summed E-state index contributed by atoms with van der Waals surface area (Å²) in [5.41, 5.74) is 0.782. The van der Waals surface area contributed by atoms with Crippen LogP contribution < -0.4 is 0 Å². The molecule has 2 aromatic rings. The quantitative estimate of drug-likeness (QED) is 0.749. The molecule has 0 aromatic heterocycles. The Morgan fingerprint density at radius 1 is 1.17 bits per heavy atom. The van der Waals surface area contributed by atoms with Crippen molar-refractivity contribution >= 4 is 33.3 Å². The highest BCUT2D eigenvalue weighted by Gasteiger charge is 2.15. The molecule has 0 aliphatic rings. The van der Waals surface area contributed by atoms with Crippen molar-refractivity contribution in [3.05, 3.63) is 68.9 Å². The summed E-state index contributed by atoms with van der Waals surface area (Å²) >= 11 is 9.16. The Morgan fingerprint density at radius 2 is 1.83 bits per heavy atom. The molecule has 2 aromatic carbocycles. The zero-order valence-electron chi connectivity index (χ0n) is 9.29. The summed E-state index contributed by atoms with van der Waals surface area (Å²) in [5.74, 6) is -0.898. The molecule has 0 saturated heterocycles. The van der Waals surface area contributed by atoms with E-state index in [1.165, 1.54) is 18.2 Å². The number of benzene rings is 2. The molecule has 0 aliphatic carbocycles. The molecule has 0 heterocycles. The second-order valence-corrected chi connectivity index (χ2v) is 5.15. The highest BCUT2D eigenvalue weighted by atomic mass is 79.9. The zero-order chi connectivity index (χ0) is 13.1. The highest BCUT2D eigenvalue weighted by Crippen LogP contribution is 2.21. The van der Waals surface area contributed by atoms with Gasteiger partial charge in [-0.1, -0.05) is 45.7 Å². The maximum absolute atomic E-state index is 13.6. The van der Waals surface area contributed by atoms with E-state index in [0.717, 1.165) is 10.0 Å². The van der Waals surface area contributed by atoms with Crippen molar-refractivity contribution in [3.8, 4) is 0 Å². The van der Waals surface area contributed by atoms with Gasteiger partial charge in [0.05, 0.1) is 10.6 Å². The van der Waals surface area contributed by atoms with E-state index in [1.54, 1.807) is 0 Å². The second-order valence-electron chi connectivity index (χ2n) is 3.82. The molecule has 0 aliphatic heterocycles. The number of carbonyl (C=O) groups is 1. The first kappa shape index (κ1) is 13.2. The fraction of sp³-hybridized carbons (Fsp3) is 0.0714. The summed E-state index contributed by atoms with van der Waals surface area (Å²) in [4.78, 5) is 12.0. The van der Waals surface area contributed by atoms with E-state index in [-0.39, 0.29) is 22.8 Å². The van der Waals surface area contributed by atoms with Crippen LogP contribution in [0.25, 0.3) is 0 Å². The van der Waals surface area contributed by atoms with Gasteiger partial charge >= 0.3 is 0 Å². The van der Waals surface area contributed by atoms with Crippen LogP contribution in [0.1, 0.15) is 15.9 Å². The summed E-state index contributed by atoms with van der Waals surface area (Å²) in [6, 6.07) is 11.5. The molecule has 2 rings (SSSR count). The van der Waals surface area contributed by atoms with Gasteiger partial charge < -0.3 is 0 Å². The van der Waals surface area contributed by atoms with Crippen molar-refractivity contribution in [2.75, 3.05) is 0 Å². The van der Waals surface area contributed by atoms with Crippen molar-refractivity contribution in [2.45, 2.75) is 6.42 Å².